The first kappa shape index (κ1) is 13.0. The maximum atomic E-state index is 10.8. The van der Waals surface area contributed by atoms with Gasteiger partial charge in [-0.15, -0.1) is 10.2 Å². The van der Waals surface area contributed by atoms with Gasteiger partial charge in [0.25, 0.3) is 11.6 Å². The second kappa shape index (κ2) is 5.44. The van der Waals surface area contributed by atoms with Crippen LogP contribution in [0.15, 0.2) is 34.1 Å². The molecule has 0 atom stereocenters. The van der Waals surface area contributed by atoms with Crippen LogP contribution in [0.2, 0.25) is 0 Å². The first-order valence-electron chi connectivity index (χ1n) is 4.96. The lowest BCUT2D eigenvalue weighted by molar-refractivity contribution is -0.385. The number of hydrogen-bond donors (Lipinski definition) is 2. The number of benzene rings is 1. The summed E-state index contributed by atoms with van der Waals surface area (Å²) in [4.78, 5) is 10.3. The molecular formula is C9H8BrN7O2. The Morgan fingerprint density at radius 3 is 3.00 bits per heavy atom. The summed E-state index contributed by atoms with van der Waals surface area (Å²) in [6.07, 6.45) is 2.72. The molecule has 3 N–H and O–H groups in total. The highest BCUT2D eigenvalue weighted by molar-refractivity contribution is 9.10. The van der Waals surface area contributed by atoms with E-state index >= 15 is 0 Å². The topological polar surface area (TPSA) is 124 Å². The van der Waals surface area contributed by atoms with E-state index in [1.54, 1.807) is 12.1 Å². The zero-order chi connectivity index (χ0) is 13.8. The van der Waals surface area contributed by atoms with Crippen LogP contribution in [0, 0.1) is 10.1 Å². The first-order chi connectivity index (χ1) is 9.08. The Morgan fingerprint density at radius 1 is 1.58 bits per heavy atom. The van der Waals surface area contributed by atoms with Crippen molar-refractivity contribution < 1.29 is 4.92 Å². The molecule has 0 saturated carbocycles. The zero-order valence-corrected chi connectivity index (χ0v) is 11.0. The summed E-state index contributed by atoms with van der Waals surface area (Å²) in [6, 6.07) is 4.64. The molecule has 0 aliphatic carbocycles. The molecule has 0 unspecified atom stereocenters. The number of nitro groups is 1. The molecule has 0 saturated heterocycles. The van der Waals surface area contributed by atoms with Crippen LogP contribution in [-0.2, 0) is 0 Å². The van der Waals surface area contributed by atoms with Crippen molar-refractivity contribution in [2.24, 2.45) is 5.10 Å². The van der Waals surface area contributed by atoms with E-state index in [4.69, 9.17) is 5.84 Å². The number of nitrogens with zero attached hydrogens (tertiary/aromatic N) is 5. The number of nitrogens with two attached hydrogens (primary N) is 1. The number of anilines is 1. The van der Waals surface area contributed by atoms with Gasteiger partial charge in [0, 0.05) is 11.6 Å². The summed E-state index contributed by atoms with van der Waals surface area (Å²) in [6.45, 7) is 0. The Labute approximate surface area is 115 Å². The molecule has 0 spiro atoms. The Morgan fingerprint density at radius 2 is 2.37 bits per heavy atom. The predicted octanol–water partition coefficient (Wildman–Crippen LogP) is 1.11. The third-order valence-corrected chi connectivity index (χ3v) is 2.79. The molecule has 98 valence electrons. The lowest BCUT2D eigenvalue weighted by atomic mass is 10.2. The Balaban J connectivity index is 2.13. The Hall–Kier alpha value is -2.49. The molecule has 9 nitrogen and oxygen atoms in total. The minimum Gasteiger partial charge on any atom is -0.335 e. The summed E-state index contributed by atoms with van der Waals surface area (Å²) in [5, 5.41) is 21.8. The van der Waals surface area contributed by atoms with Crippen molar-refractivity contribution in [1.29, 1.82) is 0 Å². The average Bonchev–Trinajstić information content (AvgIpc) is 2.77. The van der Waals surface area contributed by atoms with Crippen molar-refractivity contribution in [2.75, 3.05) is 11.3 Å². The van der Waals surface area contributed by atoms with Gasteiger partial charge < -0.3 is 5.84 Å². The highest BCUT2D eigenvalue weighted by Gasteiger charge is 2.11. The second-order valence-electron chi connectivity index (χ2n) is 3.40. The number of hydrazone groups is 1. The summed E-state index contributed by atoms with van der Waals surface area (Å²) in [5.41, 5.74) is 3.08. The molecule has 10 heteroatoms. The molecule has 19 heavy (non-hydrogen) atoms. The highest BCUT2D eigenvalue weighted by atomic mass is 79.9. The van der Waals surface area contributed by atoms with Gasteiger partial charge in [0.2, 0.25) is 0 Å². The smallest absolute Gasteiger partial charge is 0.284 e. The van der Waals surface area contributed by atoms with Crippen LogP contribution in [0.4, 0.5) is 11.6 Å². The van der Waals surface area contributed by atoms with Gasteiger partial charge in [0.1, 0.15) is 6.33 Å². The fourth-order valence-electron chi connectivity index (χ4n) is 1.24. The van der Waals surface area contributed by atoms with Gasteiger partial charge >= 0.3 is 0 Å². The van der Waals surface area contributed by atoms with Crippen molar-refractivity contribution in [3.63, 3.8) is 0 Å². The van der Waals surface area contributed by atoms with Crippen molar-refractivity contribution in [3.05, 3.63) is 44.7 Å². The molecule has 0 radical (unpaired) electrons. The van der Waals surface area contributed by atoms with E-state index in [1.807, 2.05) is 0 Å². The van der Waals surface area contributed by atoms with Gasteiger partial charge in [-0.1, -0.05) is 6.07 Å². The first-order valence-corrected chi connectivity index (χ1v) is 5.75. The molecule has 1 aromatic heterocycles. The van der Waals surface area contributed by atoms with Gasteiger partial charge in [-0.05, 0) is 22.0 Å². The average molecular weight is 326 g/mol. The van der Waals surface area contributed by atoms with Gasteiger partial charge in [0.15, 0.2) is 0 Å². The molecule has 0 fully saturated rings. The van der Waals surface area contributed by atoms with E-state index in [9.17, 15) is 10.1 Å². The third-order valence-electron chi connectivity index (χ3n) is 2.12. The van der Waals surface area contributed by atoms with Crippen LogP contribution in [-0.4, -0.2) is 26.0 Å². The second-order valence-corrected chi connectivity index (χ2v) is 4.25. The molecular weight excluding hydrogens is 318 g/mol. The van der Waals surface area contributed by atoms with Crippen LogP contribution in [0.3, 0.4) is 0 Å². The summed E-state index contributed by atoms with van der Waals surface area (Å²) in [5.74, 6) is 5.72. The standard InChI is InChI=1S/C9H8BrN7O2/c10-7-2-1-6(3-8(7)17(18)19)4-12-14-9-15-13-5-16(9)11/h1-5H,11H2,(H,14,15). The SMILES string of the molecule is Nn1cnnc1NN=Cc1ccc(Br)c([N+](=O)[O-])c1. The molecule has 0 aliphatic heterocycles. The Bertz CT molecular complexity index is 639. The number of nitro benzene ring substituents is 1. The molecule has 1 heterocycles. The van der Waals surface area contributed by atoms with Crippen LogP contribution in [0.1, 0.15) is 5.56 Å². The van der Waals surface area contributed by atoms with Crippen molar-refractivity contribution in [2.45, 2.75) is 0 Å². The number of aromatic nitrogens is 3. The molecule has 1 aromatic carbocycles. The van der Waals surface area contributed by atoms with Crippen LogP contribution < -0.4 is 11.3 Å². The Kier molecular flexibility index (Phi) is 3.71. The molecule has 0 bridgehead atoms. The zero-order valence-electron chi connectivity index (χ0n) is 9.39. The van der Waals surface area contributed by atoms with E-state index in [0.717, 1.165) is 4.68 Å². The van der Waals surface area contributed by atoms with Gasteiger partial charge in [-0.2, -0.15) is 5.10 Å². The molecule has 0 aliphatic rings. The van der Waals surface area contributed by atoms with Crippen LogP contribution in [0.5, 0.6) is 0 Å². The van der Waals surface area contributed by atoms with Gasteiger partial charge in [0.05, 0.1) is 15.6 Å². The monoisotopic (exact) mass is 325 g/mol. The van der Waals surface area contributed by atoms with E-state index in [2.05, 4.69) is 36.7 Å². The maximum Gasteiger partial charge on any atom is 0.284 e. The summed E-state index contributed by atoms with van der Waals surface area (Å²) >= 11 is 3.10. The minimum absolute atomic E-state index is 0.0362. The molecule has 2 aromatic rings. The fraction of sp³-hybridized carbons (Fsp3) is 0. The normalized spacial score (nSPS) is 10.8. The highest BCUT2D eigenvalue weighted by Crippen LogP contribution is 2.24. The quantitative estimate of drug-likeness (QED) is 0.375. The molecule has 2 rings (SSSR count). The predicted molar refractivity (Wildman–Crippen MR) is 72.2 cm³/mol. The van der Waals surface area contributed by atoms with E-state index in [-0.39, 0.29) is 11.6 Å². The third kappa shape index (κ3) is 3.04. The van der Waals surface area contributed by atoms with Crippen LogP contribution in [0.25, 0.3) is 0 Å². The number of nitrogen functional groups attached to an aromatic ring is 1. The van der Waals surface area contributed by atoms with E-state index < -0.39 is 4.92 Å². The van der Waals surface area contributed by atoms with Crippen molar-refractivity contribution in [3.8, 4) is 0 Å². The van der Waals surface area contributed by atoms with Crippen molar-refractivity contribution in [1.82, 2.24) is 14.9 Å². The fourth-order valence-corrected chi connectivity index (χ4v) is 1.63. The number of rotatable bonds is 4. The lowest BCUT2D eigenvalue weighted by Gasteiger charge is -1.99. The van der Waals surface area contributed by atoms with Gasteiger partial charge in [-0.25, -0.2) is 10.1 Å². The van der Waals surface area contributed by atoms with Crippen LogP contribution >= 0.6 is 15.9 Å². The molecule has 0 amide bonds. The van der Waals surface area contributed by atoms with Crippen molar-refractivity contribution >= 4 is 33.8 Å². The number of hydrogen-bond acceptors (Lipinski definition) is 7. The van der Waals surface area contributed by atoms with Gasteiger partial charge in [-0.3, -0.25) is 10.1 Å². The maximum absolute atomic E-state index is 10.8. The lowest BCUT2D eigenvalue weighted by Crippen LogP contribution is -2.10. The summed E-state index contributed by atoms with van der Waals surface area (Å²) in [7, 11) is 0. The van der Waals surface area contributed by atoms with E-state index in [0.29, 0.717) is 10.0 Å². The number of nitrogens with one attached hydrogen (secondary N) is 1. The summed E-state index contributed by atoms with van der Waals surface area (Å²) < 4.78 is 1.56. The van der Waals surface area contributed by atoms with E-state index in [1.165, 1.54) is 18.6 Å². The largest absolute Gasteiger partial charge is 0.335 e. The number of halogens is 1. The minimum atomic E-state index is -0.481.